The number of aryl methyl sites for hydroxylation is 4. The summed E-state index contributed by atoms with van der Waals surface area (Å²) < 4.78 is 28.1. The number of non-ortho nitro benzene ring substituents is 1. The maximum absolute atomic E-state index is 12.7. The minimum absolute atomic E-state index is 0.0740. The van der Waals surface area contributed by atoms with E-state index < -0.39 is 21.0 Å². The van der Waals surface area contributed by atoms with E-state index in [-0.39, 0.29) is 10.6 Å². The lowest BCUT2D eigenvalue weighted by molar-refractivity contribution is -0.385. The molecule has 7 heteroatoms. The van der Waals surface area contributed by atoms with Gasteiger partial charge in [0.15, 0.2) is 0 Å². The highest BCUT2D eigenvalue weighted by Crippen LogP contribution is 2.26. The van der Waals surface area contributed by atoms with E-state index in [4.69, 9.17) is 0 Å². The average molecular weight is 362 g/mol. The number of nitrogens with one attached hydrogen (secondary N) is 1. The zero-order valence-electron chi connectivity index (χ0n) is 15.0. The van der Waals surface area contributed by atoms with Crippen LogP contribution < -0.4 is 4.72 Å². The number of nitrogens with zero attached hydrogens (tertiary/aromatic N) is 1. The van der Waals surface area contributed by atoms with E-state index in [0.29, 0.717) is 5.56 Å². The summed E-state index contributed by atoms with van der Waals surface area (Å²) in [6.45, 7) is 9.30. The topological polar surface area (TPSA) is 89.3 Å². The van der Waals surface area contributed by atoms with Gasteiger partial charge in [-0.05, 0) is 62.4 Å². The van der Waals surface area contributed by atoms with Crippen molar-refractivity contribution in [3.8, 4) is 0 Å². The molecule has 0 bridgehead atoms. The third-order valence-corrected chi connectivity index (χ3v) is 6.04. The largest absolute Gasteiger partial charge is 0.270 e. The zero-order valence-corrected chi connectivity index (χ0v) is 15.8. The van der Waals surface area contributed by atoms with Gasteiger partial charge in [-0.3, -0.25) is 10.1 Å². The van der Waals surface area contributed by atoms with Crippen LogP contribution in [0.2, 0.25) is 0 Å². The zero-order chi connectivity index (χ0) is 18.9. The van der Waals surface area contributed by atoms with E-state index in [2.05, 4.69) is 4.72 Å². The molecule has 0 aromatic heterocycles. The predicted molar refractivity (Wildman–Crippen MR) is 97.2 cm³/mol. The molecule has 1 atom stereocenters. The summed E-state index contributed by atoms with van der Waals surface area (Å²) in [6.07, 6.45) is 0. The van der Waals surface area contributed by atoms with Gasteiger partial charge >= 0.3 is 0 Å². The van der Waals surface area contributed by atoms with Crippen LogP contribution in [0.5, 0.6) is 0 Å². The maximum Gasteiger partial charge on any atom is 0.270 e. The maximum atomic E-state index is 12.7. The number of hydrogen-bond acceptors (Lipinski definition) is 4. The number of rotatable bonds is 5. The molecule has 0 amide bonds. The number of sulfonamides is 1. The highest BCUT2D eigenvalue weighted by Gasteiger charge is 2.23. The molecule has 0 heterocycles. The summed E-state index contributed by atoms with van der Waals surface area (Å²) in [5, 5.41) is 10.9. The van der Waals surface area contributed by atoms with Crippen molar-refractivity contribution in [2.24, 2.45) is 0 Å². The summed E-state index contributed by atoms with van der Waals surface area (Å²) in [5.74, 6) is 0. The number of hydrogen-bond donors (Lipinski definition) is 1. The highest BCUT2D eigenvalue weighted by molar-refractivity contribution is 7.89. The Balaban J connectivity index is 2.41. The van der Waals surface area contributed by atoms with Crippen molar-refractivity contribution in [2.45, 2.75) is 45.6 Å². The third-order valence-electron chi connectivity index (χ3n) is 4.35. The van der Waals surface area contributed by atoms with Crippen LogP contribution in [0, 0.1) is 37.8 Å². The number of nitro groups is 1. The molecular weight excluding hydrogens is 340 g/mol. The SMILES string of the molecule is Cc1cc(C)c([C@@H](C)NS(=O)(=O)c2cc([N+](=O)[O-])ccc2C)cc1C. The van der Waals surface area contributed by atoms with E-state index in [1.54, 1.807) is 13.8 Å². The van der Waals surface area contributed by atoms with Gasteiger partial charge in [0.2, 0.25) is 10.0 Å². The summed E-state index contributed by atoms with van der Waals surface area (Å²) in [7, 11) is -3.89. The Kier molecular flexibility index (Phi) is 5.29. The van der Waals surface area contributed by atoms with Crippen molar-refractivity contribution < 1.29 is 13.3 Å². The predicted octanol–water partition coefficient (Wildman–Crippen LogP) is 3.87. The monoisotopic (exact) mass is 362 g/mol. The fourth-order valence-corrected chi connectivity index (χ4v) is 4.29. The van der Waals surface area contributed by atoms with Crippen molar-refractivity contribution in [1.82, 2.24) is 4.72 Å². The summed E-state index contributed by atoms with van der Waals surface area (Å²) >= 11 is 0. The van der Waals surface area contributed by atoms with Gasteiger partial charge in [-0.15, -0.1) is 0 Å². The lowest BCUT2D eigenvalue weighted by atomic mass is 9.97. The smallest absolute Gasteiger partial charge is 0.258 e. The molecule has 1 N–H and O–H groups in total. The molecule has 0 aliphatic heterocycles. The van der Waals surface area contributed by atoms with Crippen molar-refractivity contribution in [3.63, 3.8) is 0 Å². The van der Waals surface area contributed by atoms with Crippen LogP contribution in [0.25, 0.3) is 0 Å². The number of benzene rings is 2. The van der Waals surface area contributed by atoms with E-state index in [9.17, 15) is 18.5 Å². The second kappa shape index (κ2) is 6.93. The molecule has 25 heavy (non-hydrogen) atoms. The highest BCUT2D eigenvalue weighted by atomic mass is 32.2. The minimum atomic E-state index is -3.89. The molecule has 2 rings (SSSR count). The van der Waals surface area contributed by atoms with E-state index in [1.165, 1.54) is 12.1 Å². The van der Waals surface area contributed by atoms with E-state index in [0.717, 1.165) is 28.3 Å². The van der Waals surface area contributed by atoms with Gasteiger partial charge in [-0.25, -0.2) is 13.1 Å². The van der Waals surface area contributed by atoms with Crippen molar-refractivity contribution in [2.75, 3.05) is 0 Å². The first-order valence-electron chi connectivity index (χ1n) is 7.88. The molecule has 6 nitrogen and oxygen atoms in total. The summed E-state index contributed by atoms with van der Waals surface area (Å²) in [4.78, 5) is 10.3. The van der Waals surface area contributed by atoms with E-state index >= 15 is 0 Å². The van der Waals surface area contributed by atoms with Gasteiger partial charge < -0.3 is 0 Å². The van der Waals surface area contributed by atoms with Gasteiger partial charge in [0, 0.05) is 18.2 Å². The van der Waals surface area contributed by atoms with Gasteiger partial charge in [0.25, 0.3) is 5.69 Å². The summed E-state index contributed by atoms with van der Waals surface area (Å²) in [6, 6.07) is 7.37. The van der Waals surface area contributed by atoms with Crippen molar-refractivity contribution in [3.05, 3.63) is 68.3 Å². The lowest BCUT2D eigenvalue weighted by Crippen LogP contribution is -2.28. The fraction of sp³-hybridized carbons (Fsp3) is 0.333. The molecule has 0 spiro atoms. The van der Waals surface area contributed by atoms with Crippen LogP contribution >= 0.6 is 0 Å². The van der Waals surface area contributed by atoms with E-state index in [1.807, 2.05) is 32.9 Å². The van der Waals surface area contributed by atoms with Crippen LogP contribution in [0.15, 0.2) is 35.2 Å². The average Bonchev–Trinajstić information content (AvgIpc) is 2.50. The van der Waals surface area contributed by atoms with Gasteiger partial charge in [-0.2, -0.15) is 0 Å². The second-order valence-corrected chi connectivity index (χ2v) is 8.03. The molecule has 0 radical (unpaired) electrons. The molecule has 0 saturated heterocycles. The van der Waals surface area contributed by atoms with Crippen LogP contribution in [0.4, 0.5) is 5.69 Å². The Hall–Kier alpha value is -2.25. The molecule has 0 aliphatic rings. The van der Waals surface area contributed by atoms with Gasteiger partial charge in [0.1, 0.15) is 0 Å². The standard InChI is InChI=1S/C18H22N2O4S/c1-11-6-7-16(20(21)22)10-18(11)25(23,24)19-15(5)17-9-13(3)12(2)8-14(17)4/h6-10,15,19H,1-5H3/t15-/m1/s1. The fourth-order valence-electron chi connectivity index (χ4n) is 2.80. The van der Waals surface area contributed by atoms with Gasteiger partial charge in [0.05, 0.1) is 9.82 Å². The summed E-state index contributed by atoms with van der Waals surface area (Å²) in [5.41, 5.74) is 4.32. The quantitative estimate of drug-likeness (QED) is 0.646. The normalized spacial score (nSPS) is 12.8. The van der Waals surface area contributed by atoms with Crippen molar-refractivity contribution in [1.29, 1.82) is 0 Å². The Morgan fingerprint density at radius 1 is 0.960 bits per heavy atom. The first-order valence-corrected chi connectivity index (χ1v) is 9.36. The molecule has 2 aromatic carbocycles. The molecule has 0 fully saturated rings. The number of nitro benzene ring substituents is 1. The lowest BCUT2D eigenvalue weighted by Gasteiger charge is -2.19. The minimum Gasteiger partial charge on any atom is -0.258 e. The molecule has 0 aliphatic carbocycles. The van der Waals surface area contributed by atoms with Crippen LogP contribution in [-0.2, 0) is 10.0 Å². The molecular formula is C18H22N2O4S. The van der Waals surface area contributed by atoms with Gasteiger partial charge in [-0.1, -0.05) is 18.2 Å². The molecule has 0 saturated carbocycles. The Labute approximate surface area is 148 Å². The third kappa shape index (κ3) is 4.05. The van der Waals surface area contributed by atoms with Crippen molar-refractivity contribution >= 4 is 15.7 Å². The molecule has 134 valence electrons. The first kappa shape index (κ1) is 19.1. The van der Waals surface area contributed by atoms with Crippen LogP contribution in [0.1, 0.15) is 40.8 Å². The van der Waals surface area contributed by atoms with Crippen LogP contribution in [0.3, 0.4) is 0 Å². The van der Waals surface area contributed by atoms with Crippen LogP contribution in [-0.4, -0.2) is 13.3 Å². The second-order valence-electron chi connectivity index (χ2n) is 6.34. The first-order chi connectivity index (χ1) is 11.5. The molecule has 2 aromatic rings. The Bertz CT molecular complexity index is 936. The Morgan fingerprint density at radius 2 is 1.56 bits per heavy atom. The Morgan fingerprint density at radius 3 is 2.16 bits per heavy atom. The molecule has 0 unspecified atom stereocenters.